The normalized spacial score (nSPS) is 19.4. The highest BCUT2D eigenvalue weighted by Crippen LogP contribution is 2.20. The summed E-state index contributed by atoms with van der Waals surface area (Å²) in [6, 6.07) is 14.6. The molecule has 122 valence electrons. The summed E-state index contributed by atoms with van der Waals surface area (Å²) < 4.78 is 0. The molecule has 2 unspecified atom stereocenters. The number of hydrogen-bond acceptors (Lipinski definition) is 4. The Labute approximate surface area is 141 Å². The lowest BCUT2D eigenvalue weighted by Gasteiger charge is -2.24. The molecule has 0 radical (unpaired) electrons. The Bertz CT molecular complexity index is 670. The lowest BCUT2D eigenvalue weighted by molar-refractivity contribution is -0.122. The number of rotatable bonds is 5. The molecule has 0 aromatic heterocycles. The molecule has 0 saturated carbocycles. The maximum absolute atomic E-state index is 12.3. The summed E-state index contributed by atoms with van der Waals surface area (Å²) in [6.07, 6.45) is 0.511. The van der Waals surface area contributed by atoms with Crippen molar-refractivity contribution in [1.29, 1.82) is 0 Å². The standard InChI is InChI=1S/C18H23N3OS/c19-11-17(21-18(22)10-16-12-23-8-7-20-16)15-6-5-13-3-1-2-4-14(13)9-15/h1-6,9,16-17,20H,7-8,10-12,19H2,(H,21,22). The van der Waals surface area contributed by atoms with Crippen molar-refractivity contribution < 1.29 is 4.79 Å². The van der Waals surface area contributed by atoms with Crippen LogP contribution in [-0.2, 0) is 4.79 Å². The van der Waals surface area contributed by atoms with Crippen molar-refractivity contribution in [3.8, 4) is 0 Å². The molecule has 2 atom stereocenters. The van der Waals surface area contributed by atoms with E-state index in [1.54, 1.807) is 0 Å². The van der Waals surface area contributed by atoms with E-state index >= 15 is 0 Å². The molecular weight excluding hydrogens is 306 g/mol. The van der Waals surface area contributed by atoms with Gasteiger partial charge < -0.3 is 16.4 Å². The summed E-state index contributed by atoms with van der Waals surface area (Å²) in [5.74, 6) is 2.19. The van der Waals surface area contributed by atoms with Crippen molar-refractivity contribution in [2.75, 3.05) is 24.6 Å². The average Bonchev–Trinajstić information content (AvgIpc) is 2.60. The van der Waals surface area contributed by atoms with Gasteiger partial charge in [0.1, 0.15) is 0 Å². The molecule has 4 N–H and O–H groups in total. The number of benzene rings is 2. The molecule has 0 spiro atoms. The number of amides is 1. The van der Waals surface area contributed by atoms with Gasteiger partial charge >= 0.3 is 0 Å². The molecule has 0 aliphatic carbocycles. The largest absolute Gasteiger partial charge is 0.348 e. The molecule has 1 heterocycles. The molecule has 3 rings (SSSR count). The predicted molar refractivity (Wildman–Crippen MR) is 97.6 cm³/mol. The second-order valence-electron chi connectivity index (χ2n) is 5.89. The zero-order chi connectivity index (χ0) is 16.1. The van der Waals surface area contributed by atoms with Gasteiger partial charge in [-0.25, -0.2) is 0 Å². The first-order chi connectivity index (χ1) is 11.3. The van der Waals surface area contributed by atoms with E-state index < -0.39 is 0 Å². The molecule has 4 nitrogen and oxygen atoms in total. The van der Waals surface area contributed by atoms with E-state index in [1.165, 1.54) is 10.8 Å². The SMILES string of the molecule is NCC(NC(=O)CC1CSCCN1)c1ccc2ccccc2c1. The predicted octanol–water partition coefficient (Wildman–Crippen LogP) is 2.05. The fraction of sp³-hybridized carbons (Fsp3) is 0.389. The Kier molecular flexibility index (Phi) is 5.54. The number of carbonyl (C=O) groups excluding carboxylic acids is 1. The first-order valence-corrected chi connectivity index (χ1v) is 9.21. The summed E-state index contributed by atoms with van der Waals surface area (Å²) in [4.78, 5) is 12.3. The fourth-order valence-electron chi connectivity index (χ4n) is 2.93. The van der Waals surface area contributed by atoms with Gasteiger partial charge in [0.15, 0.2) is 0 Å². The van der Waals surface area contributed by atoms with Crippen LogP contribution in [0.5, 0.6) is 0 Å². The minimum Gasteiger partial charge on any atom is -0.348 e. The molecule has 1 aliphatic heterocycles. The third kappa shape index (κ3) is 4.25. The van der Waals surface area contributed by atoms with Crippen LogP contribution in [0.4, 0.5) is 0 Å². The molecule has 2 aromatic rings. The Morgan fingerprint density at radius 3 is 2.87 bits per heavy atom. The van der Waals surface area contributed by atoms with Gasteiger partial charge in [0, 0.05) is 37.1 Å². The Morgan fingerprint density at radius 1 is 1.30 bits per heavy atom. The van der Waals surface area contributed by atoms with E-state index in [2.05, 4.69) is 41.0 Å². The smallest absolute Gasteiger partial charge is 0.222 e. The molecule has 2 aromatic carbocycles. The van der Waals surface area contributed by atoms with Crippen LogP contribution in [-0.4, -0.2) is 36.5 Å². The van der Waals surface area contributed by atoms with Crippen LogP contribution in [0.2, 0.25) is 0 Å². The van der Waals surface area contributed by atoms with Crippen molar-refractivity contribution in [3.05, 3.63) is 48.0 Å². The third-order valence-corrected chi connectivity index (χ3v) is 5.31. The van der Waals surface area contributed by atoms with E-state index in [-0.39, 0.29) is 18.0 Å². The lowest BCUT2D eigenvalue weighted by atomic mass is 10.0. The summed E-state index contributed by atoms with van der Waals surface area (Å²) >= 11 is 1.90. The van der Waals surface area contributed by atoms with Gasteiger partial charge in [0.05, 0.1) is 6.04 Å². The average molecular weight is 329 g/mol. The Morgan fingerprint density at radius 2 is 2.13 bits per heavy atom. The number of nitrogens with two attached hydrogens (primary N) is 1. The third-order valence-electron chi connectivity index (χ3n) is 4.18. The number of hydrogen-bond donors (Lipinski definition) is 3. The highest BCUT2D eigenvalue weighted by Gasteiger charge is 2.19. The lowest BCUT2D eigenvalue weighted by Crippen LogP contribution is -2.42. The molecule has 23 heavy (non-hydrogen) atoms. The number of thioether (sulfide) groups is 1. The van der Waals surface area contributed by atoms with Crippen LogP contribution < -0.4 is 16.4 Å². The van der Waals surface area contributed by atoms with E-state index in [4.69, 9.17) is 5.73 Å². The van der Waals surface area contributed by atoms with Crippen molar-refractivity contribution in [3.63, 3.8) is 0 Å². The molecule has 1 fully saturated rings. The maximum Gasteiger partial charge on any atom is 0.222 e. The van der Waals surface area contributed by atoms with Gasteiger partial charge in [-0.05, 0) is 22.4 Å². The van der Waals surface area contributed by atoms with E-state index in [0.717, 1.165) is 23.6 Å². The van der Waals surface area contributed by atoms with Gasteiger partial charge in [-0.3, -0.25) is 4.79 Å². The topological polar surface area (TPSA) is 67.1 Å². The van der Waals surface area contributed by atoms with E-state index in [0.29, 0.717) is 13.0 Å². The van der Waals surface area contributed by atoms with Gasteiger partial charge in [-0.2, -0.15) is 11.8 Å². The molecular formula is C18H23N3OS. The van der Waals surface area contributed by atoms with Crippen LogP contribution in [0.1, 0.15) is 18.0 Å². The van der Waals surface area contributed by atoms with E-state index in [9.17, 15) is 4.79 Å². The minimum atomic E-state index is -0.136. The zero-order valence-electron chi connectivity index (χ0n) is 13.1. The fourth-order valence-corrected chi connectivity index (χ4v) is 3.88. The first kappa shape index (κ1) is 16.3. The molecule has 1 saturated heterocycles. The van der Waals surface area contributed by atoms with Crippen molar-refractivity contribution in [1.82, 2.24) is 10.6 Å². The highest BCUT2D eigenvalue weighted by molar-refractivity contribution is 7.99. The van der Waals surface area contributed by atoms with Gasteiger partial charge in [-0.15, -0.1) is 0 Å². The Hall–Kier alpha value is -1.56. The number of fused-ring (bicyclic) bond motifs is 1. The number of carbonyl (C=O) groups is 1. The minimum absolute atomic E-state index is 0.0635. The molecule has 5 heteroatoms. The van der Waals surface area contributed by atoms with Crippen molar-refractivity contribution in [2.24, 2.45) is 5.73 Å². The van der Waals surface area contributed by atoms with Crippen molar-refractivity contribution >= 4 is 28.4 Å². The van der Waals surface area contributed by atoms with Crippen LogP contribution >= 0.6 is 11.8 Å². The summed E-state index contributed by atoms with van der Waals surface area (Å²) in [6.45, 7) is 1.38. The zero-order valence-corrected chi connectivity index (χ0v) is 13.9. The highest BCUT2D eigenvalue weighted by atomic mass is 32.2. The monoisotopic (exact) mass is 329 g/mol. The molecule has 1 amide bonds. The second kappa shape index (κ2) is 7.81. The van der Waals surface area contributed by atoms with Crippen LogP contribution in [0.3, 0.4) is 0 Å². The molecule has 1 aliphatic rings. The van der Waals surface area contributed by atoms with Crippen LogP contribution in [0.15, 0.2) is 42.5 Å². The summed E-state index contributed by atoms with van der Waals surface area (Å²) in [7, 11) is 0. The van der Waals surface area contributed by atoms with Crippen molar-refractivity contribution in [2.45, 2.75) is 18.5 Å². The van der Waals surface area contributed by atoms with Gasteiger partial charge in [0.2, 0.25) is 5.91 Å². The Balaban J connectivity index is 1.66. The summed E-state index contributed by atoms with van der Waals surface area (Å²) in [5.41, 5.74) is 6.96. The second-order valence-corrected chi connectivity index (χ2v) is 7.04. The maximum atomic E-state index is 12.3. The van der Waals surface area contributed by atoms with E-state index in [1.807, 2.05) is 23.9 Å². The number of nitrogens with one attached hydrogen (secondary N) is 2. The van der Waals surface area contributed by atoms with Gasteiger partial charge in [0.25, 0.3) is 0 Å². The summed E-state index contributed by atoms with van der Waals surface area (Å²) in [5, 5.41) is 8.84. The van der Waals surface area contributed by atoms with Crippen LogP contribution in [0, 0.1) is 0 Å². The molecule has 0 bridgehead atoms. The van der Waals surface area contributed by atoms with Gasteiger partial charge in [-0.1, -0.05) is 36.4 Å². The first-order valence-electron chi connectivity index (χ1n) is 8.05. The van der Waals surface area contributed by atoms with Crippen LogP contribution in [0.25, 0.3) is 10.8 Å². The quantitative estimate of drug-likeness (QED) is 0.785.